The van der Waals surface area contributed by atoms with Crippen LogP contribution in [0.3, 0.4) is 0 Å². The van der Waals surface area contributed by atoms with Gasteiger partial charge < -0.3 is 29.2 Å². The molecular formula is C18H22O9. The molecule has 1 fully saturated rings. The van der Waals surface area contributed by atoms with E-state index in [0.29, 0.717) is 5.56 Å². The summed E-state index contributed by atoms with van der Waals surface area (Å²) in [6.45, 7) is 2.06. The van der Waals surface area contributed by atoms with Gasteiger partial charge in [0.1, 0.15) is 31.0 Å². The van der Waals surface area contributed by atoms with Crippen LogP contribution in [0.15, 0.2) is 24.3 Å². The number of esters is 3. The summed E-state index contributed by atoms with van der Waals surface area (Å²) < 4.78 is 20.4. The Bertz CT molecular complexity index is 702. The zero-order valence-electron chi connectivity index (χ0n) is 15.2. The molecule has 0 spiro atoms. The van der Waals surface area contributed by atoms with E-state index in [-0.39, 0.29) is 12.2 Å². The molecule has 9 nitrogen and oxygen atoms in total. The van der Waals surface area contributed by atoms with E-state index in [2.05, 4.69) is 4.74 Å². The number of ether oxygens (including phenoxy) is 4. The van der Waals surface area contributed by atoms with Crippen LogP contribution in [0.5, 0.6) is 0 Å². The van der Waals surface area contributed by atoms with E-state index in [1.807, 2.05) is 0 Å². The summed E-state index contributed by atoms with van der Waals surface area (Å²) in [5.74, 6) is -1.84. The molecule has 1 saturated heterocycles. The lowest BCUT2D eigenvalue weighted by molar-refractivity contribution is -0.242. The van der Waals surface area contributed by atoms with Crippen LogP contribution >= 0.6 is 0 Å². The molecule has 9 heteroatoms. The van der Waals surface area contributed by atoms with E-state index in [4.69, 9.17) is 14.2 Å². The van der Waals surface area contributed by atoms with Crippen molar-refractivity contribution in [1.82, 2.24) is 0 Å². The van der Waals surface area contributed by atoms with Crippen molar-refractivity contribution < 1.29 is 43.5 Å². The van der Waals surface area contributed by atoms with Gasteiger partial charge in [-0.15, -0.1) is 0 Å². The third-order valence-electron chi connectivity index (χ3n) is 4.07. The molecule has 0 amide bonds. The molecule has 148 valence electrons. The van der Waals surface area contributed by atoms with Gasteiger partial charge in [-0.25, -0.2) is 4.79 Å². The minimum absolute atomic E-state index is 0.235. The molecule has 2 rings (SSSR count). The van der Waals surface area contributed by atoms with E-state index in [0.717, 1.165) is 6.92 Å². The number of aliphatic hydroxyl groups is 2. The van der Waals surface area contributed by atoms with Gasteiger partial charge in [-0.1, -0.05) is 12.1 Å². The second-order valence-electron chi connectivity index (χ2n) is 6.07. The summed E-state index contributed by atoms with van der Waals surface area (Å²) in [7, 11) is 1.24. The highest BCUT2D eigenvalue weighted by atomic mass is 16.6. The van der Waals surface area contributed by atoms with Gasteiger partial charge >= 0.3 is 17.9 Å². The lowest BCUT2D eigenvalue weighted by Gasteiger charge is -2.42. The van der Waals surface area contributed by atoms with Crippen LogP contribution in [-0.2, 0) is 28.5 Å². The van der Waals surface area contributed by atoms with Crippen molar-refractivity contribution >= 4 is 17.9 Å². The maximum atomic E-state index is 11.7. The SMILES string of the molecule is COC(=O)c1cccc(C2O[C@H](COC(C)=O)[C@@H](OC(C)=O)[C@H](O)[C@@H]2O)c1. The summed E-state index contributed by atoms with van der Waals surface area (Å²) in [6, 6.07) is 6.16. The van der Waals surface area contributed by atoms with Gasteiger partial charge in [-0.3, -0.25) is 9.59 Å². The summed E-state index contributed by atoms with van der Waals surface area (Å²) >= 11 is 0. The Morgan fingerprint density at radius 1 is 1.11 bits per heavy atom. The van der Waals surface area contributed by atoms with Crippen molar-refractivity contribution in [3.8, 4) is 0 Å². The highest BCUT2D eigenvalue weighted by Crippen LogP contribution is 2.34. The Morgan fingerprint density at radius 2 is 1.81 bits per heavy atom. The zero-order chi connectivity index (χ0) is 20.1. The molecule has 0 aromatic heterocycles. The average Bonchev–Trinajstić information content (AvgIpc) is 2.63. The van der Waals surface area contributed by atoms with Gasteiger partial charge in [0.15, 0.2) is 6.10 Å². The van der Waals surface area contributed by atoms with Gasteiger partial charge in [0.05, 0.1) is 12.7 Å². The van der Waals surface area contributed by atoms with Crippen molar-refractivity contribution in [1.29, 1.82) is 0 Å². The average molecular weight is 382 g/mol. The predicted molar refractivity (Wildman–Crippen MR) is 89.6 cm³/mol. The Kier molecular flexibility index (Phi) is 6.89. The number of carbonyl (C=O) groups excluding carboxylic acids is 3. The van der Waals surface area contributed by atoms with Crippen LogP contribution in [0.4, 0.5) is 0 Å². The Morgan fingerprint density at radius 3 is 2.41 bits per heavy atom. The minimum atomic E-state index is -1.49. The van der Waals surface area contributed by atoms with Crippen molar-refractivity contribution in [3.63, 3.8) is 0 Å². The number of hydrogen-bond acceptors (Lipinski definition) is 9. The highest BCUT2D eigenvalue weighted by molar-refractivity contribution is 5.89. The largest absolute Gasteiger partial charge is 0.465 e. The number of rotatable bonds is 5. The fourth-order valence-corrected chi connectivity index (χ4v) is 2.85. The van der Waals surface area contributed by atoms with Crippen LogP contribution in [0, 0.1) is 0 Å². The van der Waals surface area contributed by atoms with Crippen molar-refractivity contribution in [2.45, 2.75) is 44.4 Å². The van der Waals surface area contributed by atoms with E-state index in [9.17, 15) is 24.6 Å². The standard InChI is InChI=1S/C18H22O9/c1-9(19)25-8-13-17(26-10(2)20)15(22)14(21)16(27-13)11-5-4-6-12(7-11)18(23)24-3/h4-7,13-17,21-22H,8H2,1-3H3/t13-,14+,15-,16?,17-/m1/s1. The number of carbonyl (C=O) groups is 3. The van der Waals surface area contributed by atoms with Gasteiger partial charge in [-0.05, 0) is 17.7 Å². The quantitative estimate of drug-likeness (QED) is 0.539. The first kappa shape index (κ1) is 20.8. The first-order chi connectivity index (χ1) is 12.7. The molecule has 27 heavy (non-hydrogen) atoms. The number of aliphatic hydroxyl groups excluding tert-OH is 2. The molecule has 5 atom stereocenters. The molecule has 1 heterocycles. The molecule has 2 N–H and O–H groups in total. The van der Waals surface area contributed by atoms with Crippen LogP contribution in [0.1, 0.15) is 35.9 Å². The molecule has 1 aromatic carbocycles. The smallest absolute Gasteiger partial charge is 0.337 e. The Labute approximate surface area is 155 Å². The third kappa shape index (κ3) is 5.03. The van der Waals surface area contributed by atoms with Crippen molar-refractivity contribution in [3.05, 3.63) is 35.4 Å². The molecular weight excluding hydrogens is 360 g/mol. The summed E-state index contributed by atoms with van der Waals surface area (Å²) in [5.41, 5.74) is 0.637. The van der Waals surface area contributed by atoms with Crippen LogP contribution in [0.25, 0.3) is 0 Å². The molecule has 1 aliphatic rings. The van der Waals surface area contributed by atoms with Crippen LogP contribution in [-0.4, -0.2) is 66.3 Å². The van der Waals surface area contributed by atoms with Gasteiger partial charge in [0, 0.05) is 13.8 Å². The van der Waals surface area contributed by atoms with Crippen molar-refractivity contribution in [2.75, 3.05) is 13.7 Å². The first-order valence-electron chi connectivity index (χ1n) is 8.25. The van der Waals surface area contributed by atoms with Crippen LogP contribution in [0.2, 0.25) is 0 Å². The minimum Gasteiger partial charge on any atom is -0.465 e. The normalized spacial score (nSPS) is 27.5. The maximum Gasteiger partial charge on any atom is 0.337 e. The van der Waals surface area contributed by atoms with Crippen molar-refractivity contribution in [2.24, 2.45) is 0 Å². The number of hydrogen-bond donors (Lipinski definition) is 2. The van der Waals surface area contributed by atoms with E-state index in [1.165, 1.54) is 26.2 Å². The summed E-state index contributed by atoms with van der Waals surface area (Å²) in [4.78, 5) is 34.2. The monoisotopic (exact) mass is 382 g/mol. The first-order valence-corrected chi connectivity index (χ1v) is 8.25. The predicted octanol–water partition coefficient (Wildman–Crippen LogP) is 0.130. The lowest BCUT2D eigenvalue weighted by Crippen LogP contribution is -2.57. The molecule has 0 bridgehead atoms. The Hall–Kier alpha value is -2.49. The molecule has 1 aromatic rings. The molecule has 0 aliphatic carbocycles. The van der Waals surface area contributed by atoms with Gasteiger partial charge in [-0.2, -0.15) is 0 Å². The molecule has 1 aliphatic heterocycles. The fourth-order valence-electron chi connectivity index (χ4n) is 2.85. The number of methoxy groups -OCH3 is 1. The van der Waals surface area contributed by atoms with Gasteiger partial charge in [0.25, 0.3) is 0 Å². The third-order valence-corrected chi connectivity index (χ3v) is 4.07. The van der Waals surface area contributed by atoms with Crippen LogP contribution < -0.4 is 0 Å². The maximum absolute atomic E-state index is 11.7. The topological polar surface area (TPSA) is 129 Å². The number of benzene rings is 1. The molecule has 0 radical (unpaired) electrons. The lowest BCUT2D eigenvalue weighted by atomic mass is 9.90. The van der Waals surface area contributed by atoms with Gasteiger partial charge in [0.2, 0.25) is 0 Å². The second kappa shape index (κ2) is 8.94. The second-order valence-corrected chi connectivity index (χ2v) is 6.07. The summed E-state index contributed by atoms with van der Waals surface area (Å²) in [5, 5.41) is 20.9. The van der Waals surface area contributed by atoms with E-state index >= 15 is 0 Å². The summed E-state index contributed by atoms with van der Waals surface area (Å²) in [6.07, 6.45) is -6.22. The molecule has 0 saturated carbocycles. The molecule has 1 unspecified atom stereocenters. The highest BCUT2D eigenvalue weighted by Gasteiger charge is 2.47. The van der Waals surface area contributed by atoms with E-state index < -0.39 is 48.4 Å². The zero-order valence-corrected chi connectivity index (χ0v) is 15.2. The Balaban J connectivity index is 2.31. The van der Waals surface area contributed by atoms with E-state index in [1.54, 1.807) is 12.1 Å². The fraction of sp³-hybridized carbons (Fsp3) is 0.500.